The first-order valence-corrected chi connectivity index (χ1v) is 11.3. The molecule has 2 saturated heterocycles. The molecule has 27 heavy (non-hydrogen) atoms. The Morgan fingerprint density at radius 2 is 1.93 bits per heavy atom. The van der Waals surface area contributed by atoms with Crippen molar-refractivity contribution in [3.8, 4) is 0 Å². The number of likely N-dealkylation sites (N-methyl/N-ethyl adjacent to an activating group) is 1. The van der Waals surface area contributed by atoms with Gasteiger partial charge in [-0.25, -0.2) is 0 Å². The molecule has 1 aromatic heterocycles. The van der Waals surface area contributed by atoms with Crippen molar-refractivity contribution >= 4 is 23.6 Å². The van der Waals surface area contributed by atoms with Crippen molar-refractivity contribution in [1.82, 2.24) is 14.7 Å². The molecule has 0 saturated carbocycles. The molecule has 150 valence electrons. The minimum atomic E-state index is -0.0163. The highest BCUT2D eigenvalue weighted by molar-refractivity contribution is 7.97. The highest BCUT2D eigenvalue weighted by Gasteiger charge is 2.27. The quantitative estimate of drug-likeness (QED) is 0.743. The molecule has 2 amide bonds. The van der Waals surface area contributed by atoms with Gasteiger partial charge >= 0.3 is 0 Å². The van der Waals surface area contributed by atoms with Crippen molar-refractivity contribution in [1.29, 1.82) is 0 Å². The maximum absolute atomic E-state index is 12.7. The zero-order valence-corrected chi connectivity index (χ0v) is 17.3. The Labute approximate surface area is 166 Å². The highest BCUT2D eigenvalue weighted by Crippen LogP contribution is 2.24. The lowest BCUT2D eigenvalue weighted by Gasteiger charge is -2.34. The number of amides is 2. The summed E-state index contributed by atoms with van der Waals surface area (Å²) in [6, 6.07) is 3.67. The van der Waals surface area contributed by atoms with E-state index in [0.717, 1.165) is 70.0 Å². The standard InChI is InChI=1S/C20H31N3O3S/c1-21-10-12-22(13-11-21)19(24)8-5-16-4-3-9-23(14-16)20(25)18-7-6-17(26-18)15-27-2/h6-7,16H,3-5,8-15H2,1-2H3. The molecule has 6 nitrogen and oxygen atoms in total. The first kappa shape index (κ1) is 20.3. The molecule has 0 bridgehead atoms. The number of nitrogens with zero attached hydrogens (tertiary/aromatic N) is 3. The molecule has 2 aliphatic rings. The number of carbonyl (C=O) groups is 2. The van der Waals surface area contributed by atoms with E-state index in [1.54, 1.807) is 17.8 Å². The van der Waals surface area contributed by atoms with Crippen LogP contribution >= 0.6 is 11.8 Å². The van der Waals surface area contributed by atoms with Crippen LogP contribution in [-0.4, -0.2) is 79.1 Å². The monoisotopic (exact) mass is 393 g/mol. The smallest absolute Gasteiger partial charge is 0.289 e. The van der Waals surface area contributed by atoms with E-state index in [9.17, 15) is 9.59 Å². The van der Waals surface area contributed by atoms with E-state index in [1.807, 2.05) is 22.1 Å². The molecule has 3 rings (SSSR count). The average molecular weight is 394 g/mol. The van der Waals surface area contributed by atoms with Crippen LogP contribution in [0.5, 0.6) is 0 Å². The van der Waals surface area contributed by atoms with Gasteiger partial charge in [0.25, 0.3) is 5.91 Å². The van der Waals surface area contributed by atoms with Crippen LogP contribution in [0.1, 0.15) is 42.0 Å². The molecule has 3 heterocycles. The molecule has 0 aromatic carbocycles. The van der Waals surface area contributed by atoms with Crippen LogP contribution < -0.4 is 0 Å². The fraction of sp³-hybridized carbons (Fsp3) is 0.700. The summed E-state index contributed by atoms with van der Waals surface area (Å²) in [6.07, 6.45) is 5.57. The van der Waals surface area contributed by atoms with Crippen molar-refractivity contribution in [3.63, 3.8) is 0 Å². The van der Waals surface area contributed by atoms with Crippen LogP contribution in [0.4, 0.5) is 0 Å². The van der Waals surface area contributed by atoms with Crippen molar-refractivity contribution in [2.75, 3.05) is 52.6 Å². The van der Waals surface area contributed by atoms with E-state index in [4.69, 9.17) is 4.42 Å². The fourth-order valence-electron chi connectivity index (χ4n) is 3.90. The molecule has 1 unspecified atom stereocenters. The minimum absolute atomic E-state index is 0.0163. The molecule has 2 aliphatic heterocycles. The summed E-state index contributed by atoms with van der Waals surface area (Å²) >= 11 is 1.68. The molecule has 0 radical (unpaired) electrons. The van der Waals surface area contributed by atoms with Gasteiger partial charge in [0.2, 0.25) is 5.91 Å². The lowest BCUT2D eigenvalue weighted by Crippen LogP contribution is -2.47. The second kappa shape index (κ2) is 9.64. The Morgan fingerprint density at radius 3 is 2.67 bits per heavy atom. The third-order valence-corrected chi connectivity index (χ3v) is 6.16. The summed E-state index contributed by atoms with van der Waals surface area (Å²) in [5.74, 6) is 2.71. The Hall–Kier alpha value is -1.47. The summed E-state index contributed by atoms with van der Waals surface area (Å²) in [6.45, 7) is 5.09. The van der Waals surface area contributed by atoms with Crippen LogP contribution in [-0.2, 0) is 10.5 Å². The first-order valence-electron chi connectivity index (χ1n) is 9.90. The van der Waals surface area contributed by atoms with Gasteiger partial charge in [0.1, 0.15) is 5.76 Å². The van der Waals surface area contributed by atoms with Gasteiger partial charge in [0.15, 0.2) is 5.76 Å². The number of hydrogen-bond acceptors (Lipinski definition) is 5. The topological polar surface area (TPSA) is 57.0 Å². The summed E-state index contributed by atoms with van der Waals surface area (Å²) in [5, 5.41) is 0. The van der Waals surface area contributed by atoms with Gasteiger partial charge in [-0.1, -0.05) is 0 Å². The number of piperidine rings is 1. The largest absolute Gasteiger partial charge is 0.455 e. The molecule has 2 fully saturated rings. The SMILES string of the molecule is CSCc1ccc(C(=O)N2CCCC(CCC(=O)N3CCN(C)CC3)C2)o1. The molecule has 1 aromatic rings. The second-order valence-corrected chi connectivity index (χ2v) is 8.55. The molecule has 0 N–H and O–H groups in total. The minimum Gasteiger partial charge on any atom is -0.455 e. The molecule has 1 atom stereocenters. The van der Waals surface area contributed by atoms with Crippen molar-refractivity contribution in [2.24, 2.45) is 5.92 Å². The number of piperazine rings is 1. The van der Waals surface area contributed by atoms with E-state index in [2.05, 4.69) is 11.9 Å². The van der Waals surface area contributed by atoms with Gasteiger partial charge in [-0.05, 0) is 50.6 Å². The molecule has 7 heteroatoms. The third-order valence-electron chi connectivity index (χ3n) is 5.59. The van der Waals surface area contributed by atoms with Gasteiger partial charge in [0, 0.05) is 45.7 Å². The number of carbonyl (C=O) groups excluding carboxylic acids is 2. The lowest BCUT2D eigenvalue weighted by atomic mass is 9.93. The fourth-order valence-corrected chi connectivity index (χ4v) is 4.33. The van der Waals surface area contributed by atoms with Gasteiger partial charge in [-0.15, -0.1) is 0 Å². The Morgan fingerprint density at radius 1 is 1.15 bits per heavy atom. The maximum Gasteiger partial charge on any atom is 0.289 e. The highest BCUT2D eigenvalue weighted by atomic mass is 32.2. The Kier molecular flexibility index (Phi) is 7.24. The molecular weight excluding hydrogens is 362 g/mol. The molecule has 0 aliphatic carbocycles. The van der Waals surface area contributed by atoms with E-state index < -0.39 is 0 Å². The second-order valence-electron chi connectivity index (χ2n) is 7.68. The van der Waals surface area contributed by atoms with E-state index in [1.165, 1.54) is 0 Å². The van der Waals surface area contributed by atoms with E-state index in [0.29, 0.717) is 18.1 Å². The van der Waals surface area contributed by atoms with Crippen molar-refractivity contribution < 1.29 is 14.0 Å². The van der Waals surface area contributed by atoms with Crippen LogP contribution in [0, 0.1) is 5.92 Å². The van der Waals surface area contributed by atoms with Crippen LogP contribution in [0.15, 0.2) is 16.5 Å². The number of thioether (sulfide) groups is 1. The van der Waals surface area contributed by atoms with E-state index in [-0.39, 0.29) is 11.8 Å². The Balaban J connectivity index is 1.47. The number of rotatable bonds is 6. The van der Waals surface area contributed by atoms with Gasteiger partial charge in [-0.2, -0.15) is 11.8 Å². The van der Waals surface area contributed by atoms with Crippen molar-refractivity contribution in [2.45, 2.75) is 31.4 Å². The zero-order chi connectivity index (χ0) is 19.2. The van der Waals surface area contributed by atoms with Crippen LogP contribution in [0.25, 0.3) is 0 Å². The lowest BCUT2D eigenvalue weighted by molar-refractivity contribution is -0.133. The van der Waals surface area contributed by atoms with Gasteiger partial charge in [0.05, 0.1) is 5.75 Å². The molecule has 0 spiro atoms. The number of hydrogen-bond donors (Lipinski definition) is 0. The summed E-state index contributed by atoms with van der Waals surface area (Å²) in [5.41, 5.74) is 0. The van der Waals surface area contributed by atoms with Crippen molar-refractivity contribution in [3.05, 3.63) is 23.7 Å². The first-order chi connectivity index (χ1) is 13.1. The average Bonchev–Trinajstić information content (AvgIpc) is 3.15. The third kappa shape index (κ3) is 5.51. The normalized spacial score (nSPS) is 21.5. The van der Waals surface area contributed by atoms with Gasteiger partial charge in [-0.3, -0.25) is 9.59 Å². The van der Waals surface area contributed by atoms with Crippen LogP contribution in [0.2, 0.25) is 0 Å². The van der Waals surface area contributed by atoms with Crippen LogP contribution in [0.3, 0.4) is 0 Å². The predicted octanol–water partition coefficient (Wildman–Crippen LogP) is 2.55. The summed E-state index contributed by atoms with van der Waals surface area (Å²) in [7, 11) is 2.10. The molecular formula is C20H31N3O3S. The summed E-state index contributed by atoms with van der Waals surface area (Å²) < 4.78 is 5.68. The Bertz CT molecular complexity index is 640. The summed E-state index contributed by atoms with van der Waals surface area (Å²) in [4.78, 5) is 31.3. The van der Waals surface area contributed by atoms with Gasteiger partial charge < -0.3 is 19.1 Å². The maximum atomic E-state index is 12.7. The predicted molar refractivity (Wildman–Crippen MR) is 108 cm³/mol. The number of furan rings is 1. The van der Waals surface area contributed by atoms with E-state index >= 15 is 0 Å². The zero-order valence-electron chi connectivity index (χ0n) is 16.5. The number of likely N-dealkylation sites (tertiary alicyclic amines) is 1.